The number of nitrogens with one attached hydrogen (secondary N) is 1. The highest BCUT2D eigenvalue weighted by Crippen LogP contribution is 2.37. The summed E-state index contributed by atoms with van der Waals surface area (Å²) in [7, 11) is 1.70. The fraction of sp³-hybridized carbons (Fsp3) is 0.647. The molecular formula is C17H26N2O2. The van der Waals surface area contributed by atoms with Crippen molar-refractivity contribution in [2.24, 2.45) is 5.41 Å². The largest absolute Gasteiger partial charge is 0.491 e. The number of para-hydroxylation sites is 1. The number of methoxy groups -OCH3 is 1. The van der Waals surface area contributed by atoms with Crippen molar-refractivity contribution in [2.75, 3.05) is 46.5 Å². The van der Waals surface area contributed by atoms with Gasteiger partial charge in [-0.25, -0.2) is 0 Å². The standard InChI is InChI=1S/C17H26N2O2/c1-20-10-11-21-16-5-3-2-4-15(16)12-19-9-7-17(14-19)6-8-18-13-17/h2-5,18H,6-14H2,1H3. The molecule has 0 radical (unpaired) electrons. The predicted octanol–water partition coefficient (Wildman–Crippen LogP) is 1.90. The first-order valence-electron chi connectivity index (χ1n) is 7.94. The summed E-state index contributed by atoms with van der Waals surface area (Å²) >= 11 is 0. The zero-order valence-corrected chi connectivity index (χ0v) is 12.9. The van der Waals surface area contributed by atoms with Crippen LogP contribution in [0.4, 0.5) is 0 Å². The Bertz CT molecular complexity index is 458. The van der Waals surface area contributed by atoms with Gasteiger partial charge in [0.2, 0.25) is 0 Å². The van der Waals surface area contributed by atoms with Gasteiger partial charge in [0, 0.05) is 32.3 Å². The van der Waals surface area contributed by atoms with E-state index < -0.39 is 0 Å². The second-order valence-corrected chi connectivity index (χ2v) is 6.34. The van der Waals surface area contributed by atoms with Crippen LogP contribution in [-0.4, -0.2) is 51.4 Å². The van der Waals surface area contributed by atoms with E-state index in [9.17, 15) is 0 Å². The van der Waals surface area contributed by atoms with Gasteiger partial charge in [-0.05, 0) is 37.4 Å². The summed E-state index contributed by atoms with van der Waals surface area (Å²) in [5.74, 6) is 1.00. The highest BCUT2D eigenvalue weighted by atomic mass is 16.5. The lowest BCUT2D eigenvalue weighted by Crippen LogP contribution is -2.29. The van der Waals surface area contributed by atoms with Gasteiger partial charge in [0.1, 0.15) is 12.4 Å². The molecule has 2 aliphatic rings. The molecule has 1 N–H and O–H groups in total. The van der Waals surface area contributed by atoms with E-state index in [0.717, 1.165) is 12.3 Å². The quantitative estimate of drug-likeness (QED) is 0.811. The van der Waals surface area contributed by atoms with Crippen LogP contribution in [0.2, 0.25) is 0 Å². The molecule has 1 aromatic rings. The number of hydrogen-bond acceptors (Lipinski definition) is 4. The summed E-state index contributed by atoms with van der Waals surface area (Å²) < 4.78 is 10.9. The van der Waals surface area contributed by atoms with Crippen LogP contribution in [0.3, 0.4) is 0 Å². The number of ether oxygens (including phenoxy) is 2. The maximum absolute atomic E-state index is 5.84. The van der Waals surface area contributed by atoms with E-state index in [1.165, 1.54) is 44.6 Å². The third kappa shape index (κ3) is 3.57. The molecular weight excluding hydrogens is 264 g/mol. The number of rotatable bonds is 6. The molecule has 4 nitrogen and oxygen atoms in total. The molecule has 1 aromatic carbocycles. The Morgan fingerprint density at radius 3 is 2.95 bits per heavy atom. The van der Waals surface area contributed by atoms with Crippen molar-refractivity contribution in [1.29, 1.82) is 0 Å². The number of likely N-dealkylation sites (tertiary alicyclic amines) is 1. The van der Waals surface area contributed by atoms with Crippen LogP contribution in [0.1, 0.15) is 18.4 Å². The molecule has 21 heavy (non-hydrogen) atoms. The second-order valence-electron chi connectivity index (χ2n) is 6.34. The van der Waals surface area contributed by atoms with E-state index in [4.69, 9.17) is 9.47 Å². The highest BCUT2D eigenvalue weighted by molar-refractivity contribution is 5.33. The lowest BCUT2D eigenvalue weighted by Gasteiger charge is -2.23. The van der Waals surface area contributed by atoms with Crippen LogP contribution >= 0.6 is 0 Å². The summed E-state index contributed by atoms with van der Waals surface area (Å²) in [6.45, 7) is 7.03. The lowest BCUT2D eigenvalue weighted by atomic mass is 9.86. The molecule has 0 amide bonds. The van der Waals surface area contributed by atoms with Gasteiger partial charge in [-0.2, -0.15) is 0 Å². The Balaban J connectivity index is 1.60. The van der Waals surface area contributed by atoms with Crippen molar-refractivity contribution in [1.82, 2.24) is 10.2 Å². The maximum atomic E-state index is 5.84. The molecule has 1 atom stereocenters. The van der Waals surface area contributed by atoms with Crippen molar-refractivity contribution in [3.8, 4) is 5.75 Å². The fourth-order valence-corrected chi connectivity index (χ4v) is 3.56. The average molecular weight is 290 g/mol. The molecule has 4 heteroatoms. The Morgan fingerprint density at radius 1 is 1.24 bits per heavy atom. The fourth-order valence-electron chi connectivity index (χ4n) is 3.56. The predicted molar refractivity (Wildman–Crippen MR) is 83.6 cm³/mol. The highest BCUT2D eigenvalue weighted by Gasteiger charge is 2.40. The van der Waals surface area contributed by atoms with Gasteiger partial charge in [0.25, 0.3) is 0 Å². The van der Waals surface area contributed by atoms with Crippen LogP contribution < -0.4 is 10.1 Å². The zero-order chi connectivity index (χ0) is 14.5. The van der Waals surface area contributed by atoms with Crippen LogP contribution in [0, 0.1) is 5.41 Å². The smallest absolute Gasteiger partial charge is 0.123 e. The molecule has 1 unspecified atom stereocenters. The van der Waals surface area contributed by atoms with E-state index in [0.29, 0.717) is 18.6 Å². The van der Waals surface area contributed by atoms with E-state index in [1.54, 1.807) is 7.11 Å². The maximum Gasteiger partial charge on any atom is 0.123 e. The summed E-state index contributed by atoms with van der Waals surface area (Å²) in [6, 6.07) is 8.38. The Morgan fingerprint density at radius 2 is 2.14 bits per heavy atom. The molecule has 3 rings (SSSR count). The molecule has 1 spiro atoms. The normalized spacial score (nSPS) is 25.8. The SMILES string of the molecule is COCCOc1ccccc1CN1CCC2(CCNC2)C1. The van der Waals surface area contributed by atoms with Crippen LogP contribution in [0.25, 0.3) is 0 Å². The summed E-state index contributed by atoms with van der Waals surface area (Å²) in [5, 5.41) is 3.52. The molecule has 0 aliphatic carbocycles. The van der Waals surface area contributed by atoms with Gasteiger partial charge in [-0.1, -0.05) is 18.2 Å². The summed E-state index contributed by atoms with van der Waals surface area (Å²) in [6.07, 6.45) is 2.65. The van der Waals surface area contributed by atoms with Crippen LogP contribution in [-0.2, 0) is 11.3 Å². The molecule has 0 saturated carbocycles. The van der Waals surface area contributed by atoms with Crippen LogP contribution in [0.5, 0.6) is 5.75 Å². The van der Waals surface area contributed by atoms with Gasteiger partial charge >= 0.3 is 0 Å². The first kappa shape index (κ1) is 14.8. The number of nitrogens with zero attached hydrogens (tertiary/aromatic N) is 1. The van der Waals surface area contributed by atoms with Gasteiger partial charge in [-0.3, -0.25) is 4.90 Å². The first-order chi connectivity index (χ1) is 10.3. The second kappa shape index (κ2) is 6.77. The Hall–Kier alpha value is -1.10. The zero-order valence-electron chi connectivity index (χ0n) is 12.9. The molecule has 116 valence electrons. The van der Waals surface area contributed by atoms with E-state index in [1.807, 2.05) is 6.07 Å². The summed E-state index contributed by atoms with van der Waals surface area (Å²) in [5.41, 5.74) is 1.82. The third-order valence-corrected chi connectivity index (χ3v) is 4.76. The van der Waals surface area contributed by atoms with Crippen LogP contribution in [0.15, 0.2) is 24.3 Å². The van der Waals surface area contributed by atoms with Crippen molar-refractivity contribution < 1.29 is 9.47 Å². The van der Waals surface area contributed by atoms with Gasteiger partial charge < -0.3 is 14.8 Å². The first-order valence-corrected chi connectivity index (χ1v) is 7.94. The Kier molecular flexibility index (Phi) is 4.78. The monoisotopic (exact) mass is 290 g/mol. The number of hydrogen-bond donors (Lipinski definition) is 1. The molecule has 2 saturated heterocycles. The van der Waals surface area contributed by atoms with Crippen molar-refractivity contribution in [2.45, 2.75) is 19.4 Å². The minimum atomic E-state index is 0.534. The topological polar surface area (TPSA) is 33.7 Å². The number of benzene rings is 1. The summed E-state index contributed by atoms with van der Waals surface area (Å²) in [4.78, 5) is 2.57. The van der Waals surface area contributed by atoms with Crippen molar-refractivity contribution >= 4 is 0 Å². The molecule has 2 fully saturated rings. The molecule has 2 heterocycles. The van der Waals surface area contributed by atoms with Gasteiger partial charge in [-0.15, -0.1) is 0 Å². The van der Waals surface area contributed by atoms with Gasteiger partial charge in [0.15, 0.2) is 0 Å². The Labute approximate surface area is 127 Å². The minimum absolute atomic E-state index is 0.534. The lowest BCUT2D eigenvalue weighted by molar-refractivity contribution is 0.145. The van der Waals surface area contributed by atoms with Gasteiger partial charge in [0.05, 0.1) is 6.61 Å². The van der Waals surface area contributed by atoms with E-state index in [2.05, 4.69) is 28.4 Å². The molecule has 0 bridgehead atoms. The average Bonchev–Trinajstić information content (AvgIpc) is 3.12. The van der Waals surface area contributed by atoms with E-state index >= 15 is 0 Å². The van der Waals surface area contributed by atoms with Crippen molar-refractivity contribution in [3.05, 3.63) is 29.8 Å². The minimum Gasteiger partial charge on any atom is -0.491 e. The van der Waals surface area contributed by atoms with Crippen molar-refractivity contribution in [3.63, 3.8) is 0 Å². The molecule has 0 aromatic heterocycles. The van der Waals surface area contributed by atoms with E-state index in [-0.39, 0.29) is 0 Å². The molecule has 2 aliphatic heterocycles. The third-order valence-electron chi connectivity index (χ3n) is 4.76.